The molecular formula is C6H11NO2. The topological polar surface area (TPSA) is 63.3 Å². The summed E-state index contributed by atoms with van der Waals surface area (Å²) in [7, 11) is 0. The van der Waals surface area contributed by atoms with Crippen LogP contribution in [0, 0.1) is 0 Å². The summed E-state index contributed by atoms with van der Waals surface area (Å²) >= 11 is 0. The molecule has 0 spiro atoms. The van der Waals surface area contributed by atoms with E-state index >= 15 is 0 Å². The molecule has 0 aromatic heterocycles. The number of hydrogen-bond acceptors (Lipinski definition) is 2. The lowest BCUT2D eigenvalue weighted by Gasteiger charge is -2.05. The van der Waals surface area contributed by atoms with Crippen LogP contribution in [0.4, 0.5) is 0 Å². The highest BCUT2D eigenvalue weighted by Gasteiger charge is 2.06. The van der Waals surface area contributed by atoms with Gasteiger partial charge >= 0.3 is 5.97 Å². The molecule has 0 aromatic carbocycles. The molecule has 0 heterocycles. The van der Waals surface area contributed by atoms with Crippen LogP contribution in [0.2, 0.25) is 0 Å². The highest BCUT2D eigenvalue weighted by atomic mass is 16.4. The first-order valence-electron chi connectivity index (χ1n) is 2.67. The second kappa shape index (κ2) is 3.25. The smallest absolute Gasteiger partial charge is 0.305 e. The van der Waals surface area contributed by atoms with Gasteiger partial charge in [0.15, 0.2) is 0 Å². The number of nitrogens with two attached hydrogens (primary N) is 1. The van der Waals surface area contributed by atoms with Gasteiger partial charge in [-0.2, -0.15) is 0 Å². The van der Waals surface area contributed by atoms with Crippen LogP contribution in [0.15, 0.2) is 12.2 Å². The zero-order valence-corrected chi connectivity index (χ0v) is 5.42. The van der Waals surface area contributed by atoms with Crippen molar-refractivity contribution in [1.82, 2.24) is 0 Å². The van der Waals surface area contributed by atoms with Crippen molar-refractivity contribution in [3.05, 3.63) is 12.2 Å². The molecule has 0 aliphatic rings. The summed E-state index contributed by atoms with van der Waals surface area (Å²) < 4.78 is 0. The van der Waals surface area contributed by atoms with Gasteiger partial charge in [-0.1, -0.05) is 12.2 Å². The molecule has 52 valence electrons. The van der Waals surface area contributed by atoms with Crippen LogP contribution >= 0.6 is 0 Å². The fourth-order valence-electron chi connectivity index (χ4n) is 0.362. The minimum absolute atomic E-state index is 0.0324. The Morgan fingerprint density at radius 1 is 1.89 bits per heavy atom. The van der Waals surface area contributed by atoms with Gasteiger partial charge < -0.3 is 10.8 Å². The lowest BCUT2D eigenvalue weighted by atomic mass is 10.1. The largest absolute Gasteiger partial charge is 0.481 e. The number of carboxylic acid groups (broad SMARTS) is 1. The van der Waals surface area contributed by atoms with Gasteiger partial charge in [-0.15, -0.1) is 0 Å². The third-order valence-electron chi connectivity index (χ3n) is 1.03. The maximum absolute atomic E-state index is 9.99. The molecule has 0 saturated carbocycles. The van der Waals surface area contributed by atoms with Crippen molar-refractivity contribution in [3.8, 4) is 0 Å². The second-order valence-electron chi connectivity index (χ2n) is 2.05. The Balaban J connectivity index is 3.63. The Kier molecular flexibility index (Phi) is 2.95. The molecule has 1 unspecified atom stereocenters. The highest BCUT2D eigenvalue weighted by molar-refractivity contribution is 5.68. The van der Waals surface area contributed by atoms with E-state index in [1.807, 2.05) is 0 Å². The summed E-state index contributed by atoms with van der Waals surface area (Å²) in [6, 6.07) is -0.400. The Morgan fingerprint density at radius 3 is 2.44 bits per heavy atom. The van der Waals surface area contributed by atoms with Crippen molar-refractivity contribution in [2.75, 3.05) is 0 Å². The number of aliphatic carboxylic acids is 1. The van der Waals surface area contributed by atoms with Gasteiger partial charge in [-0.05, 0) is 6.92 Å². The van der Waals surface area contributed by atoms with Gasteiger partial charge in [-0.3, -0.25) is 4.79 Å². The van der Waals surface area contributed by atoms with Crippen LogP contribution in [-0.4, -0.2) is 17.1 Å². The lowest BCUT2D eigenvalue weighted by molar-refractivity contribution is -0.137. The van der Waals surface area contributed by atoms with Gasteiger partial charge in [0.2, 0.25) is 0 Å². The summed E-state index contributed by atoms with van der Waals surface area (Å²) in [5.41, 5.74) is 6.04. The van der Waals surface area contributed by atoms with Crippen LogP contribution in [0.5, 0.6) is 0 Å². The van der Waals surface area contributed by atoms with Gasteiger partial charge in [-0.25, -0.2) is 0 Å². The molecule has 0 fully saturated rings. The fourth-order valence-corrected chi connectivity index (χ4v) is 0.362. The predicted octanol–water partition coefficient (Wildman–Crippen LogP) is 0.365. The van der Waals surface area contributed by atoms with Gasteiger partial charge in [0.1, 0.15) is 0 Å². The van der Waals surface area contributed by atoms with E-state index in [4.69, 9.17) is 10.8 Å². The summed E-state index contributed by atoms with van der Waals surface area (Å²) in [5, 5.41) is 8.21. The van der Waals surface area contributed by atoms with Gasteiger partial charge in [0.25, 0.3) is 0 Å². The maximum atomic E-state index is 9.99. The molecule has 3 N–H and O–H groups in total. The Bertz CT molecular complexity index is 131. The average Bonchev–Trinajstić information content (AvgIpc) is 1.63. The van der Waals surface area contributed by atoms with Crippen molar-refractivity contribution in [3.63, 3.8) is 0 Å². The van der Waals surface area contributed by atoms with Crippen molar-refractivity contribution in [1.29, 1.82) is 0 Å². The first-order valence-corrected chi connectivity index (χ1v) is 2.67. The van der Waals surface area contributed by atoms with E-state index in [1.165, 1.54) is 0 Å². The molecule has 0 saturated heterocycles. The zero-order valence-electron chi connectivity index (χ0n) is 5.42. The first kappa shape index (κ1) is 8.17. The summed E-state index contributed by atoms with van der Waals surface area (Å²) in [5.74, 6) is -0.884. The summed E-state index contributed by atoms with van der Waals surface area (Å²) in [6.07, 6.45) is -0.0324. The molecule has 0 radical (unpaired) electrons. The number of carboxylic acids is 1. The standard InChI is InChI=1S/C6H11NO2/c1-4(2)5(7)3-6(8)9/h5H,1,3,7H2,2H3,(H,8,9). The molecule has 9 heavy (non-hydrogen) atoms. The van der Waals surface area contributed by atoms with E-state index in [0.717, 1.165) is 0 Å². The molecule has 0 aromatic rings. The SMILES string of the molecule is C=C(C)C(N)CC(=O)O. The molecule has 3 heteroatoms. The maximum Gasteiger partial charge on any atom is 0.305 e. The minimum Gasteiger partial charge on any atom is -0.481 e. The Labute approximate surface area is 54.2 Å². The van der Waals surface area contributed by atoms with Crippen molar-refractivity contribution in [2.24, 2.45) is 5.73 Å². The molecule has 0 rings (SSSR count). The predicted molar refractivity (Wildman–Crippen MR) is 35.0 cm³/mol. The van der Waals surface area contributed by atoms with E-state index in [2.05, 4.69) is 6.58 Å². The van der Waals surface area contributed by atoms with Crippen LogP contribution in [0.3, 0.4) is 0 Å². The average molecular weight is 129 g/mol. The molecule has 0 aliphatic carbocycles. The number of hydrogen-bond donors (Lipinski definition) is 2. The van der Waals surface area contributed by atoms with Crippen LogP contribution < -0.4 is 5.73 Å². The van der Waals surface area contributed by atoms with Gasteiger partial charge in [0.05, 0.1) is 6.42 Å². The van der Waals surface area contributed by atoms with E-state index in [9.17, 15) is 4.79 Å². The zero-order chi connectivity index (χ0) is 7.44. The normalized spacial score (nSPS) is 12.7. The minimum atomic E-state index is -0.884. The molecule has 0 amide bonds. The van der Waals surface area contributed by atoms with E-state index in [0.29, 0.717) is 5.57 Å². The lowest BCUT2D eigenvalue weighted by Crippen LogP contribution is -2.24. The Hall–Kier alpha value is -0.830. The quantitative estimate of drug-likeness (QED) is 0.541. The molecule has 3 nitrogen and oxygen atoms in total. The van der Waals surface area contributed by atoms with Crippen LogP contribution in [0.25, 0.3) is 0 Å². The van der Waals surface area contributed by atoms with E-state index in [-0.39, 0.29) is 6.42 Å². The number of rotatable bonds is 3. The van der Waals surface area contributed by atoms with Crippen molar-refractivity contribution >= 4 is 5.97 Å². The molecule has 0 aliphatic heterocycles. The Morgan fingerprint density at radius 2 is 2.33 bits per heavy atom. The molecule has 0 bridgehead atoms. The molecule has 1 atom stereocenters. The highest BCUT2D eigenvalue weighted by Crippen LogP contribution is 1.98. The van der Waals surface area contributed by atoms with Crippen molar-refractivity contribution < 1.29 is 9.90 Å². The second-order valence-corrected chi connectivity index (χ2v) is 2.05. The summed E-state index contributed by atoms with van der Waals surface area (Å²) in [6.45, 7) is 5.24. The van der Waals surface area contributed by atoms with E-state index < -0.39 is 12.0 Å². The van der Waals surface area contributed by atoms with Crippen LogP contribution in [0.1, 0.15) is 13.3 Å². The third kappa shape index (κ3) is 3.73. The fraction of sp³-hybridized carbons (Fsp3) is 0.500. The summed E-state index contributed by atoms with van der Waals surface area (Å²) in [4.78, 5) is 9.99. The van der Waals surface area contributed by atoms with E-state index in [1.54, 1.807) is 6.92 Å². The van der Waals surface area contributed by atoms with Gasteiger partial charge in [0, 0.05) is 6.04 Å². The first-order chi connectivity index (χ1) is 4.04. The third-order valence-corrected chi connectivity index (χ3v) is 1.03. The van der Waals surface area contributed by atoms with Crippen LogP contribution in [-0.2, 0) is 4.79 Å². The monoisotopic (exact) mass is 129 g/mol. The molecular weight excluding hydrogens is 118 g/mol. The van der Waals surface area contributed by atoms with Crippen molar-refractivity contribution in [2.45, 2.75) is 19.4 Å². The number of carbonyl (C=O) groups is 1.